The Hall–Kier alpha value is -1.93. The first-order valence-electron chi connectivity index (χ1n) is 7.12. The number of hydrogen-bond donors (Lipinski definition) is 1. The molecule has 0 heterocycles. The number of likely N-dealkylation sites (N-methyl/N-ethyl adjacent to an activating group) is 2. The topological polar surface area (TPSA) is 86.8 Å². The molecule has 0 spiro atoms. The van der Waals surface area contributed by atoms with Crippen LogP contribution in [0.1, 0.15) is 24.2 Å². The summed E-state index contributed by atoms with van der Waals surface area (Å²) in [7, 11) is 1.16. The van der Waals surface area contributed by atoms with Crippen LogP contribution in [0, 0.1) is 0 Å². The predicted molar refractivity (Wildman–Crippen MR) is 87.6 cm³/mol. The maximum Gasteiger partial charge on any atom is 0.254 e. The second-order valence-electron chi connectivity index (χ2n) is 5.75. The third kappa shape index (κ3) is 5.33. The minimum atomic E-state index is -3.59. The van der Waals surface area contributed by atoms with Gasteiger partial charge in [0.15, 0.2) is 0 Å². The number of hydrogen-bond acceptors (Lipinski definition) is 4. The highest BCUT2D eigenvalue weighted by molar-refractivity contribution is 7.89. The molecule has 2 amide bonds. The van der Waals surface area contributed by atoms with Crippen LogP contribution in [0.15, 0.2) is 29.2 Å². The fourth-order valence-electron chi connectivity index (χ4n) is 1.79. The van der Waals surface area contributed by atoms with Crippen molar-refractivity contribution in [3.8, 4) is 0 Å². The summed E-state index contributed by atoms with van der Waals surface area (Å²) in [5.74, 6) is -0.540. The third-order valence-corrected chi connectivity index (χ3v) is 4.69. The zero-order chi connectivity index (χ0) is 17.8. The van der Waals surface area contributed by atoms with Crippen LogP contribution in [-0.2, 0) is 14.8 Å². The zero-order valence-electron chi connectivity index (χ0n) is 14.0. The number of carbonyl (C=O) groups excluding carboxylic acids is 2. The van der Waals surface area contributed by atoms with Crippen LogP contribution >= 0.6 is 0 Å². The molecule has 1 aromatic rings. The van der Waals surface area contributed by atoms with E-state index in [1.165, 1.54) is 41.1 Å². The maximum absolute atomic E-state index is 12.2. The number of amides is 2. The first-order valence-corrected chi connectivity index (χ1v) is 8.61. The van der Waals surface area contributed by atoms with Crippen molar-refractivity contribution >= 4 is 21.8 Å². The molecule has 128 valence electrons. The average Bonchev–Trinajstić information content (AvgIpc) is 2.45. The van der Waals surface area contributed by atoms with Crippen molar-refractivity contribution < 1.29 is 18.0 Å². The number of sulfonamides is 1. The van der Waals surface area contributed by atoms with Gasteiger partial charge in [-0.15, -0.1) is 0 Å². The van der Waals surface area contributed by atoms with Crippen LogP contribution in [0.3, 0.4) is 0 Å². The second kappa shape index (κ2) is 7.56. The first-order chi connectivity index (χ1) is 10.5. The summed E-state index contributed by atoms with van der Waals surface area (Å²) >= 11 is 0. The summed E-state index contributed by atoms with van der Waals surface area (Å²) in [4.78, 5) is 26.6. The van der Waals surface area contributed by atoms with Gasteiger partial charge in [-0.3, -0.25) is 9.59 Å². The van der Waals surface area contributed by atoms with Gasteiger partial charge in [-0.25, -0.2) is 13.1 Å². The molecular formula is C15H23N3O4S. The fourth-order valence-corrected chi connectivity index (χ4v) is 3.04. The van der Waals surface area contributed by atoms with Gasteiger partial charge in [0.05, 0.1) is 11.4 Å². The Balaban J connectivity index is 2.88. The van der Waals surface area contributed by atoms with E-state index in [1.54, 1.807) is 27.9 Å². The van der Waals surface area contributed by atoms with E-state index < -0.39 is 10.0 Å². The van der Waals surface area contributed by atoms with Gasteiger partial charge in [-0.1, -0.05) is 0 Å². The highest BCUT2D eigenvalue weighted by Gasteiger charge is 2.18. The molecule has 0 aromatic heterocycles. The van der Waals surface area contributed by atoms with Crippen molar-refractivity contribution in [3.63, 3.8) is 0 Å². The molecule has 0 aliphatic heterocycles. The van der Waals surface area contributed by atoms with Crippen LogP contribution in [-0.4, -0.2) is 63.8 Å². The van der Waals surface area contributed by atoms with Crippen molar-refractivity contribution in [1.29, 1.82) is 0 Å². The van der Waals surface area contributed by atoms with Gasteiger partial charge in [0.25, 0.3) is 5.91 Å². The molecule has 0 aliphatic rings. The predicted octanol–water partition coefficient (Wildman–Crippen LogP) is 0.534. The molecule has 0 radical (unpaired) electrons. The van der Waals surface area contributed by atoms with E-state index in [1.807, 2.05) is 0 Å². The average molecular weight is 341 g/mol. The van der Waals surface area contributed by atoms with Crippen molar-refractivity contribution in [2.24, 2.45) is 0 Å². The number of benzene rings is 1. The summed E-state index contributed by atoms with van der Waals surface area (Å²) in [6, 6.07) is 5.41. The van der Waals surface area contributed by atoms with Gasteiger partial charge in [-0.2, -0.15) is 0 Å². The summed E-state index contributed by atoms with van der Waals surface area (Å²) in [5, 5.41) is 0. The molecule has 0 bridgehead atoms. The summed E-state index contributed by atoms with van der Waals surface area (Å²) in [6.45, 7) is 3.42. The molecule has 0 saturated heterocycles. The lowest BCUT2D eigenvalue weighted by atomic mass is 10.2. The van der Waals surface area contributed by atoms with Gasteiger partial charge < -0.3 is 9.80 Å². The van der Waals surface area contributed by atoms with E-state index in [9.17, 15) is 18.0 Å². The van der Waals surface area contributed by atoms with Gasteiger partial charge in [0, 0.05) is 32.7 Å². The fraction of sp³-hybridized carbons (Fsp3) is 0.467. The largest absolute Gasteiger partial charge is 0.347 e. The minimum Gasteiger partial charge on any atom is -0.347 e. The van der Waals surface area contributed by atoms with Gasteiger partial charge in [0.2, 0.25) is 15.9 Å². The number of rotatable bonds is 6. The maximum atomic E-state index is 12.2. The normalized spacial score (nSPS) is 11.4. The first kappa shape index (κ1) is 19.1. The van der Waals surface area contributed by atoms with Crippen LogP contribution in [0.2, 0.25) is 0 Å². The van der Waals surface area contributed by atoms with Crippen molar-refractivity contribution in [2.75, 3.05) is 27.7 Å². The Bertz CT molecular complexity index is 666. The molecule has 0 atom stereocenters. The SMILES string of the molecule is CC(C)NS(=O)(=O)c1ccc(C(=O)N(C)CC(=O)N(C)C)cc1. The van der Waals surface area contributed by atoms with E-state index in [0.29, 0.717) is 5.56 Å². The lowest BCUT2D eigenvalue weighted by molar-refractivity contribution is -0.129. The number of carbonyl (C=O) groups is 2. The van der Waals surface area contributed by atoms with Crippen LogP contribution in [0.25, 0.3) is 0 Å². The van der Waals surface area contributed by atoms with Crippen LogP contribution in [0.4, 0.5) is 0 Å². The lowest BCUT2D eigenvalue weighted by Crippen LogP contribution is -2.37. The minimum absolute atomic E-state index is 0.0409. The quantitative estimate of drug-likeness (QED) is 0.818. The van der Waals surface area contributed by atoms with E-state index in [0.717, 1.165) is 0 Å². The number of nitrogens with zero attached hydrogens (tertiary/aromatic N) is 2. The molecule has 1 aromatic carbocycles. The molecule has 0 aliphatic carbocycles. The molecule has 8 heteroatoms. The highest BCUT2D eigenvalue weighted by atomic mass is 32.2. The lowest BCUT2D eigenvalue weighted by Gasteiger charge is -2.19. The molecule has 1 rings (SSSR count). The Morgan fingerprint density at radius 1 is 1.09 bits per heavy atom. The molecule has 0 saturated carbocycles. The monoisotopic (exact) mass is 341 g/mol. The van der Waals surface area contributed by atoms with E-state index in [4.69, 9.17) is 0 Å². The van der Waals surface area contributed by atoms with Crippen molar-refractivity contribution in [2.45, 2.75) is 24.8 Å². The Kier molecular flexibility index (Phi) is 6.28. The molecule has 1 N–H and O–H groups in total. The van der Waals surface area contributed by atoms with Gasteiger partial charge in [0.1, 0.15) is 0 Å². The van der Waals surface area contributed by atoms with Gasteiger partial charge >= 0.3 is 0 Å². The van der Waals surface area contributed by atoms with Gasteiger partial charge in [-0.05, 0) is 38.1 Å². The standard InChI is InChI=1S/C15H23N3O4S/c1-11(2)16-23(21,22)13-8-6-12(7-9-13)15(20)18(5)10-14(19)17(3)4/h6-9,11,16H,10H2,1-5H3. The smallest absolute Gasteiger partial charge is 0.254 e. The summed E-state index contributed by atoms with van der Waals surface area (Å²) in [5.41, 5.74) is 0.322. The van der Waals surface area contributed by atoms with Crippen molar-refractivity contribution in [1.82, 2.24) is 14.5 Å². The molecule has 0 fully saturated rings. The van der Waals surface area contributed by atoms with E-state index >= 15 is 0 Å². The zero-order valence-corrected chi connectivity index (χ0v) is 14.8. The van der Waals surface area contributed by atoms with E-state index in [2.05, 4.69) is 4.72 Å². The third-order valence-electron chi connectivity index (χ3n) is 3.02. The summed E-state index contributed by atoms with van der Waals surface area (Å²) in [6.07, 6.45) is 0. The Morgan fingerprint density at radius 2 is 1.61 bits per heavy atom. The van der Waals surface area contributed by atoms with Crippen LogP contribution in [0.5, 0.6) is 0 Å². The molecule has 23 heavy (non-hydrogen) atoms. The molecule has 0 unspecified atom stereocenters. The second-order valence-corrected chi connectivity index (χ2v) is 7.46. The molecular weight excluding hydrogens is 318 g/mol. The Labute approximate surface area is 137 Å². The van der Waals surface area contributed by atoms with Crippen molar-refractivity contribution in [3.05, 3.63) is 29.8 Å². The molecule has 7 nitrogen and oxygen atoms in total. The Morgan fingerprint density at radius 3 is 2.04 bits per heavy atom. The highest BCUT2D eigenvalue weighted by Crippen LogP contribution is 2.12. The van der Waals surface area contributed by atoms with E-state index in [-0.39, 0.29) is 29.3 Å². The summed E-state index contributed by atoms with van der Waals surface area (Å²) < 4.78 is 26.5. The van der Waals surface area contributed by atoms with Crippen LogP contribution < -0.4 is 4.72 Å². The number of nitrogens with one attached hydrogen (secondary N) is 1.